The van der Waals surface area contributed by atoms with Crippen LogP contribution in [-0.2, 0) is 17.9 Å². The monoisotopic (exact) mass is 348 g/mol. The van der Waals surface area contributed by atoms with Crippen LogP contribution in [0.5, 0.6) is 0 Å². The van der Waals surface area contributed by atoms with E-state index in [4.69, 9.17) is 0 Å². The molecule has 0 spiro atoms. The molecule has 0 unspecified atom stereocenters. The van der Waals surface area contributed by atoms with E-state index < -0.39 is 0 Å². The number of piperidine rings is 1. The molecule has 2 aliphatic rings. The largest absolute Gasteiger partial charge is 0.340 e. The molecule has 0 N–H and O–H groups in total. The molecule has 26 heavy (non-hydrogen) atoms. The number of para-hydroxylation sites is 2. The molecule has 5 rings (SSSR count). The van der Waals surface area contributed by atoms with E-state index >= 15 is 0 Å². The third-order valence-corrected chi connectivity index (χ3v) is 5.67. The highest BCUT2D eigenvalue weighted by molar-refractivity contribution is 5.80. The van der Waals surface area contributed by atoms with Gasteiger partial charge in [0.15, 0.2) is 0 Å². The summed E-state index contributed by atoms with van der Waals surface area (Å²) in [5.74, 6) is 0.722. The highest BCUT2D eigenvalue weighted by Gasteiger charge is 2.36. The van der Waals surface area contributed by atoms with Crippen molar-refractivity contribution in [1.29, 1.82) is 0 Å². The number of fused-ring (bicyclic) bond motifs is 5. The van der Waals surface area contributed by atoms with Gasteiger partial charge < -0.3 is 14.0 Å². The molecule has 6 heteroatoms. The summed E-state index contributed by atoms with van der Waals surface area (Å²) in [6.07, 6.45) is 2.80. The Hall–Kier alpha value is -2.89. The van der Waals surface area contributed by atoms with Gasteiger partial charge in [-0.2, -0.15) is 0 Å². The van der Waals surface area contributed by atoms with Crippen LogP contribution >= 0.6 is 0 Å². The van der Waals surface area contributed by atoms with Crippen LogP contribution < -0.4 is 5.56 Å². The molecule has 2 atom stereocenters. The van der Waals surface area contributed by atoms with Crippen molar-refractivity contribution in [2.24, 2.45) is 5.92 Å². The van der Waals surface area contributed by atoms with Gasteiger partial charge in [-0.25, -0.2) is 4.98 Å². The summed E-state index contributed by atoms with van der Waals surface area (Å²) in [6.45, 7) is 2.43. The van der Waals surface area contributed by atoms with Crippen LogP contribution in [0.25, 0.3) is 11.0 Å². The van der Waals surface area contributed by atoms with Crippen molar-refractivity contribution in [3.05, 3.63) is 64.8 Å². The zero-order chi connectivity index (χ0) is 17.7. The summed E-state index contributed by atoms with van der Waals surface area (Å²) in [6, 6.07) is 13.3. The molecule has 2 aromatic heterocycles. The van der Waals surface area contributed by atoms with Crippen LogP contribution in [0.3, 0.4) is 0 Å². The van der Waals surface area contributed by atoms with Crippen LogP contribution in [-0.4, -0.2) is 38.0 Å². The molecule has 2 bridgehead atoms. The van der Waals surface area contributed by atoms with Crippen molar-refractivity contribution < 1.29 is 4.79 Å². The molecule has 6 nitrogen and oxygen atoms in total. The molecule has 4 heterocycles. The van der Waals surface area contributed by atoms with Crippen molar-refractivity contribution in [3.63, 3.8) is 0 Å². The third-order valence-electron chi connectivity index (χ3n) is 5.67. The maximum Gasteiger partial charge on any atom is 0.250 e. The summed E-state index contributed by atoms with van der Waals surface area (Å²) in [7, 11) is 0. The Bertz CT molecular complexity index is 1050. The Morgan fingerprint density at radius 1 is 1.08 bits per heavy atom. The number of amides is 1. The quantitative estimate of drug-likeness (QED) is 0.710. The van der Waals surface area contributed by atoms with Crippen molar-refractivity contribution in [2.45, 2.75) is 25.4 Å². The second-order valence-electron chi connectivity index (χ2n) is 7.36. The number of rotatable bonds is 2. The van der Waals surface area contributed by atoms with E-state index in [1.165, 1.54) is 0 Å². The summed E-state index contributed by atoms with van der Waals surface area (Å²) in [5.41, 5.74) is 3.03. The first-order valence-electron chi connectivity index (χ1n) is 9.06. The lowest BCUT2D eigenvalue weighted by Gasteiger charge is -2.42. The fourth-order valence-electron chi connectivity index (χ4n) is 4.48. The topological polar surface area (TPSA) is 60.1 Å². The molecule has 0 saturated carbocycles. The average Bonchev–Trinajstić information content (AvgIpc) is 3.05. The SMILES string of the molecule is O=C(Cn1cnc2ccccc21)N1C[C@H]2C[C@H](C1)c1cccc(=O)n1C2. The Labute approximate surface area is 150 Å². The van der Waals surface area contributed by atoms with Gasteiger partial charge in [0.05, 0.1) is 17.4 Å². The predicted octanol–water partition coefficient (Wildman–Crippen LogP) is 1.84. The molecule has 1 amide bonds. The molecule has 0 radical (unpaired) electrons. The maximum atomic E-state index is 12.9. The van der Waals surface area contributed by atoms with Gasteiger partial charge in [-0.05, 0) is 30.5 Å². The number of carbonyl (C=O) groups excluding carboxylic acids is 1. The van der Waals surface area contributed by atoms with Crippen molar-refractivity contribution in [2.75, 3.05) is 13.1 Å². The number of carbonyl (C=O) groups is 1. The molecule has 1 aromatic carbocycles. The highest BCUT2D eigenvalue weighted by Crippen LogP contribution is 2.35. The van der Waals surface area contributed by atoms with Crippen molar-refractivity contribution in [1.82, 2.24) is 19.0 Å². The zero-order valence-electron chi connectivity index (χ0n) is 14.4. The van der Waals surface area contributed by atoms with Gasteiger partial charge in [0.25, 0.3) is 5.56 Å². The van der Waals surface area contributed by atoms with Gasteiger partial charge in [0, 0.05) is 37.3 Å². The minimum atomic E-state index is 0.0712. The molecular weight excluding hydrogens is 328 g/mol. The predicted molar refractivity (Wildman–Crippen MR) is 97.9 cm³/mol. The molecular formula is C20H20N4O2. The molecule has 3 aromatic rings. The lowest BCUT2D eigenvalue weighted by Crippen LogP contribution is -2.49. The van der Waals surface area contributed by atoms with E-state index in [-0.39, 0.29) is 17.4 Å². The lowest BCUT2D eigenvalue weighted by atomic mass is 9.83. The number of imidazole rings is 1. The van der Waals surface area contributed by atoms with Gasteiger partial charge in [0.2, 0.25) is 5.91 Å². The van der Waals surface area contributed by atoms with E-state index in [0.717, 1.165) is 29.7 Å². The first-order valence-corrected chi connectivity index (χ1v) is 9.06. The lowest BCUT2D eigenvalue weighted by molar-refractivity contribution is -0.134. The molecule has 0 aliphatic carbocycles. The first-order chi connectivity index (χ1) is 12.7. The highest BCUT2D eigenvalue weighted by atomic mass is 16.2. The van der Waals surface area contributed by atoms with Crippen LogP contribution in [0.2, 0.25) is 0 Å². The number of benzene rings is 1. The standard InChI is InChI=1S/C20H20N4O2/c25-19-7-3-6-17-15-8-14(10-24(17)19)9-22(11-15)20(26)12-23-13-21-16-4-1-2-5-18(16)23/h1-7,13-15H,8-12H2/t14-,15-/m1/s1. The van der Waals surface area contributed by atoms with Crippen molar-refractivity contribution >= 4 is 16.9 Å². The minimum absolute atomic E-state index is 0.0712. The Balaban J connectivity index is 1.39. The van der Waals surface area contributed by atoms with E-state index in [9.17, 15) is 9.59 Å². The summed E-state index contributed by atoms with van der Waals surface area (Å²) in [5, 5.41) is 0. The van der Waals surface area contributed by atoms with Gasteiger partial charge >= 0.3 is 0 Å². The molecule has 2 aliphatic heterocycles. The fourth-order valence-corrected chi connectivity index (χ4v) is 4.48. The van der Waals surface area contributed by atoms with Gasteiger partial charge in [0.1, 0.15) is 6.54 Å². The summed E-state index contributed by atoms with van der Waals surface area (Å²) in [4.78, 5) is 31.4. The van der Waals surface area contributed by atoms with Crippen LogP contribution in [0.15, 0.2) is 53.6 Å². The maximum absolute atomic E-state index is 12.9. The Morgan fingerprint density at radius 3 is 2.88 bits per heavy atom. The van der Waals surface area contributed by atoms with Gasteiger partial charge in [-0.1, -0.05) is 18.2 Å². The number of hydrogen-bond acceptors (Lipinski definition) is 3. The number of aromatic nitrogens is 3. The smallest absolute Gasteiger partial charge is 0.250 e. The van der Waals surface area contributed by atoms with E-state index in [1.807, 2.05) is 50.4 Å². The Morgan fingerprint density at radius 2 is 1.96 bits per heavy atom. The van der Waals surface area contributed by atoms with E-state index in [1.54, 1.807) is 12.4 Å². The number of hydrogen-bond donors (Lipinski definition) is 0. The summed E-state index contributed by atoms with van der Waals surface area (Å²) >= 11 is 0. The van der Waals surface area contributed by atoms with Gasteiger partial charge in [-0.15, -0.1) is 0 Å². The molecule has 1 saturated heterocycles. The molecule has 1 fully saturated rings. The summed E-state index contributed by atoms with van der Waals surface area (Å²) < 4.78 is 3.81. The van der Waals surface area contributed by atoms with Crippen LogP contribution in [0, 0.1) is 5.92 Å². The van der Waals surface area contributed by atoms with E-state index in [2.05, 4.69) is 4.98 Å². The minimum Gasteiger partial charge on any atom is -0.340 e. The average molecular weight is 348 g/mol. The first kappa shape index (κ1) is 15.4. The second-order valence-corrected chi connectivity index (χ2v) is 7.36. The second kappa shape index (κ2) is 5.83. The third kappa shape index (κ3) is 2.44. The number of pyridine rings is 1. The zero-order valence-corrected chi connectivity index (χ0v) is 14.4. The van der Waals surface area contributed by atoms with Crippen LogP contribution in [0.1, 0.15) is 18.0 Å². The number of nitrogens with zero attached hydrogens (tertiary/aromatic N) is 4. The van der Waals surface area contributed by atoms with Crippen molar-refractivity contribution in [3.8, 4) is 0 Å². The number of likely N-dealkylation sites (tertiary alicyclic amines) is 1. The van der Waals surface area contributed by atoms with E-state index in [0.29, 0.717) is 25.6 Å². The normalized spacial score (nSPS) is 21.6. The van der Waals surface area contributed by atoms with Crippen LogP contribution in [0.4, 0.5) is 0 Å². The fraction of sp³-hybridized carbons (Fsp3) is 0.350. The molecule has 132 valence electrons. The van der Waals surface area contributed by atoms with Gasteiger partial charge in [-0.3, -0.25) is 9.59 Å². The Kier molecular flexibility index (Phi) is 3.45.